The standard InChI is InChI=1S/C6H13NSi2/c1-4-9(5-2,6-3)7-8/h4-7H,1-3H2,8H3. The zero-order valence-electron chi connectivity index (χ0n) is 5.85. The summed E-state index contributed by atoms with van der Waals surface area (Å²) >= 11 is 0. The molecule has 0 aromatic rings. The van der Waals surface area contributed by atoms with Gasteiger partial charge in [0.1, 0.15) is 0 Å². The van der Waals surface area contributed by atoms with Crippen LogP contribution < -0.4 is 4.65 Å². The highest BCUT2D eigenvalue weighted by Gasteiger charge is 2.17. The van der Waals surface area contributed by atoms with Crippen LogP contribution in [0.3, 0.4) is 0 Å². The van der Waals surface area contributed by atoms with Gasteiger partial charge in [-0.2, -0.15) is 0 Å². The van der Waals surface area contributed by atoms with E-state index in [2.05, 4.69) is 24.4 Å². The Morgan fingerprint density at radius 1 is 1.11 bits per heavy atom. The Balaban J connectivity index is 4.34. The number of nitrogens with one attached hydrogen (secondary N) is 1. The lowest BCUT2D eigenvalue weighted by molar-refractivity contribution is 1.53. The average Bonchev–Trinajstić information content (AvgIpc) is 1.95. The van der Waals surface area contributed by atoms with Crippen LogP contribution in [0.15, 0.2) is 36.8 Å². The monoisotopic (exact) mass is 155 g/mol. The number of rotatable bonds is 4. The third-order valence-corrected chi connectivity index (χ3v) is 6.94. The second kappa shape index (κ2) is 3.60. The van der Waals surface area contributed by atoms with Crippen molar-refractivity contribution in [1.29, 1.82) is 0 Å². The van der Waals surface area contributed by atoms with Crippen molar-refractivity contribution >= 4 is 18.6 Å². The molecule has 50 valence electrons. The van der Waals surface area contributed by atoms with Gasteiger partial charge in [0.25, 0.3) is 0 Å². The average molecular weight is 155 g/mol. The molecule has 0 aromatic carbocycles. The first-order chi connectivity index (χ1) is 4.24. The minimum absolute atomic E-state index is 0.973. The summed E-state index contributed by atoms with van der Waals surface area (Å²) in [6.07, 6.45) is 0. The molecule has 0 bridgehead atoms. The minimum Gasteiger partial charge on any atom is -0.357 e. The maximum Gasteiger partial charge on any atom is 0.191 e. The van der Waals surface area contributed by atoms with Crippen molar-refractivity contribution in [1.82, 2.24) is 4.65 Å². The fourth-order valence-electron chi connectivity index (χ4n) is 0.556. The summed E-state index contributed by atoms with van der Waals surface area (Å²) in [5, 5.41) is 0. The van der Waals surface area contributed by atoms with E-state index in [0.717, 1.165) is 10.4 Å². The van der Waals surface area contributed by atoms with Crippen molar-refractivity contribution in [3.05, 3.63) is 36.8 Å². The smallest absolute Gasteiger partial charge is 0.191 e. The van der Waals surface area contributed by atoms with E-state index >= 15 is 0 Å². The highest BCUT2D eigenvalue weighted by molar-refractivity contribution is 6.93. The normalized spacial score (nSPS) is 10.7. The molecule has 0 radical (unpaired) electrons. The summed E-state index contributed by atoms with van der Waals surface area (Å²) in [5.74, 6) is 0. The van der Waals surface area contributed by atoms with Crippen LogP contribution in [0.4, 0.5) is 0 Å². The number of hydrogen-bond donors (Lipinski definition) is 1. The van der Waals surface area contributed by atoms with E-state index in [1.165, 1.54) is 0 Å². The fourth-order valence-corrected chi connectivity index (χ4v) is 3.51. The highest BCUT2D eigenvalue weighted by atomic mass is 28.4. The molecule has 0 aliphatic heterocycles. The summed E-state index contributed by atoms with van der Waals surface area (Å²) in [4.78, 5) is 0. The number of hydrogen-bond acceptors (Lipinski definition) is 1. The molecular weight excluding hydrogens is 142 g/mol. The van der Waals surface area contributed by atoms with Gasteiger partial charge in [-0.25, -0.2) is 0 Å². The van der Waals surface area contributed by atoms with Gasteiger partial charge in [-0.3, -0.25) is 0 Å². The van der Waals surface area contributed by atoms with E-state index in [4.69, 9.17) is 0 Å². The summed E-state index contributed by atoms with van der Waals surface area (Å²) in [7, 11) is -0.615. The van der Waals surface area contributed by atoms with Gasteiger partial charge < -0.3 is 4.65 Å². The van der Waals surface area contributed by atoms with Crippen LogP contribution in [-0.2, 0) is 0 Å². The molecule has 0 heterocycles. The van der Waals surface area contributed by atoms with Gasteiger partial charge >= 0.3 is 0 Å². The molecule has 1 nitrogen and oxygen atoms in total. The van der Waals surface area contributed by atoms with Crippen LogP contribution in [0.1, 0.15) is 0 Å². The van der Waals surface area contributed by atoms with Gasteiger partial charge in [-0.1, -0.05) is 17.1 Å². The van der Waals surface area contributed by atoms with E-state index in [9.17, 15) is 0 Å². The molecule has 0 amide bonds. The summed E-state index contributed by atoms with van der Waals surface area (Å²) < 4.78 is 3.29. The van der Waals surface area contributed by atoms with Crippen LogP contribution in [0, 0.1) is 0 Å². The van der Waals surface area contributed by atoms with Crippen LogP contribution >= 0.6 is 0 Å². The van der Waals surface area contributed by atoms with Gasteiger partial charge in [-0.15, -0.1) is 19.7 Å². The molecule has 0 saturated carbocycles. The van der Waals surface area contributed by atoms with Crippen molar-refractivity contribution in [2.24, 2.45) is 0 Å². The van der Waals surface area contributed by atoms with Crippen LogP contribution in [0.2, 0.25) is 0 Å². The Morgan fingerprint density at radius 3 is 1.44 bits per heavy atom. The van der Waals surface area contributed by atoms with Crippen molar-refractivity contribution in [3.8, 4) is 0 Å². The van der Waals surface area contributed by atoms with Gasteiger partial charge in [0.05, 0.1) is 10.4 Å². The second-order valence-electron chi connectivity index (χ2n) is 1.80. The maximum absolute atomic E-state index is 3.72. The summed E-state index contributed by atoms with van der Waals surface area (Å²) in [5.41, 5.74) is 5.79. The van der Waals surface area contributed by atoms with Crippen LogP contribution in [-0.4, -0.2) is 18.6 Å². The van der Waals surface area contributed by atoms with Gasteiger partial charge in [0.15, 0.2) is 8.24 Å². The van der Waals surface area contributed by atoms with Gasteiger partial charge in [-0.05, 0) is 0 Å². The molecule has 0 fully saturated rings. The Kier molecular flexibility index (Phi) is 3.45. The molecule has 0 atom stereocenters. The first-order valence-corrected chi connectivity index (χ1v) is 6.07. The molecule has 0 aliphatic rings. The third kappa shape index (κ3) is 1.78. The zero-order valence-corrected chi connectivity index (χ0v) is 8.85. The van der Waals surface area contributed by atoms with E-state index < -0.39 is 8.24 Å². The molecule has 1 N–H and O–H groups in total. The largest absolute Gasteiger partial charge is 0.357 e. The lowest BCUT2D eigenvalue weighted by Crippen LogP contribution is -2.44. The molecule has 3 heteroatoms. The molecule has 0 rings (SSSR count). The third-order valence-electron chi connectivity index (χ3n) is 1.45. The van der Waals surface area contributed by atoms with Crippen LogP contribution in [0.5, 0.6) is 0 Å². The first kappa shape index (κ1) is 8.61. The molecule has 9 heavy (non-hydrogen) atoms. The van der Waals surface area contributed by atoms with E-state index in [-0.39, 0.29) is 0 Å². The Labute approximate surface area is 60.8 Å². The maximum atomic E-state index is 3.72. The lowest BCUT2D eigenvalue weighted by Gasteiger charge is -2.17. The van der Waals surface area contributed by atoms with Gasteiger partial charge in [0, 0.05) is 0 Å². The molecule has 0 saturated heterocycles. The van der Waals surface area contributed by atoms with E-state index in [0.29, 0.717) is 0 Å². The molecule has 0 unspecified atom stereocenters. The topological polar surface area (TPSA) is 12.0 Å². The van der Waals surface area contributed by atoms with Crippen LogP contribution in [0.25, 0.3) is 0 Å². The predicted octanol–water partition coefficient (Wildman–Crippen LogP) is -0.0225. The van der Waals surface area contributed by atoms with Crippen molar-refractivity contribution in [2.75, 3.05) is 0 Å². The quantitative estimate of drug-likeness (QED) is 0.563. The molecule has 0 spiro atoms. The first-order valence-electron chi connectivity index (χ1n) is 2.84. The second-order valence-corrected chi connectivity index (χ2v) is 6.89. The van der Waals surface area contributed by atoms with Crippen molar-refractivity contribution < 1.29 is 0 Å². The Morgan fingerprint density at radius 2 is 1.44 bits per heavy atom. The van der Waals surface area contributed by atoms with Gasteiger partial charge in [0.2, 0.25) is 0 Å². The fraction of sp³-hybridized carbons (Fsp3) is 0. The SMILES string of the molecule is C=C[Si](C=C)(C=C)N[SiH3]. The lowest BCUT2D eigenvalue weighted by atomic mass is 11.2. The van der Waals surface area contributed by atoms with Crippen molar-refractivity contribution in [3.63, 3.8) is 0 Å². The predicted molar refractivity (Wildman–Crippen MR) is 49.4 cm³/mol. The molecule has 0 aliphatic carbocycles. The minimum atomic E-state index is -1.59. The van der Waals surface area contributed by atoms with Crippen molar-refractivity contribution in [2.45, 2.75) is 0 Å². The summed E-state index contributed by atoms with van der Waals surface area (Å²) in [6, 6.07) is 0. The highest BCUT2D eigenvalue weighted by Crippen LogP contribution is 1.99. The van der Waals surface area contributed by atoms with E-state index in [1.54, 1.807) is 0 Å². The molecular formula is C6H13NSi2. The zero-order chi connectivity index (χ0) is 7.33. The summed E-state index contributed by atoms with van der Waals surface area (Å²) in [6.45, 7) is 11.2. The van der Waals surface area contributed by atoms with E-state index in [1.807, 2.05) is 17.1 Å². The molecule has 0 aromatic heterocycles. The Hall–Kier alpha value is -0.386. The Bertz CT molecular complexity index is 109.